The first-order valence-corrected chi connectivity index (χ1v) is 6.79. The molecule has 1 atom stereocenters. The summed E-state index contributed by atoms with van der Waals surface area (Å²) in [5.74, 6) is 1.71. The molecule has 100 valence electrons. The highest BCUT2D eigenvalue weighted by atomic mass is 15.4. The molecule has 0 N–H and O–H groups in total. The molecule has 0 saturated carbocycles. The summed E-state index contributed by atoms with van der Waals surface area (Å²) in [6, 6.07) is 20.7. The molecular formula is C17H17N3. The van der Waals surface area contributed by atoms with Gasteiger partial charge in [0.25, 0.3) is 0 Å². The summed E-state index contributed by atoms with van der Waals surface area (Å²) in [7, 11) is 0. The van der Waals surface area contributed by atoms with E-state index in [0.29, 0.717) is 0 Å². The van der Waals surface area contributed by atoms with Gasteiger partial charge in [-0.1, -0.05) is 60.7 Å². The molecule has 0 saturated heterocycles. The molecule has 1 aromatic heterocycles. The van der Waals surface area contributed by atoms with Gasteiger partial charge < -0.3 is 0 Å². The fourth-order valence-corrected chi connectivity index (χ4v) is 2.36. The number of hydrogen-bond donors (Lipinski definition) is 0. The Balaban J connectivity index is 2.07. The first-order valence-electron chi connectivity index (χ1n) is 6.79. The summed E-state index contributed by atoms with van der Waals surface area (Å²) in [4.78, 5) is 4.58. The summed E-state index contributed by atoms with van der Waals surface area (Å²) < 4.78 is 2.00. The molecule has 0 fully saturated rings. The van der Waals surface area contributed by atoms with Gasteiger partial charge in [-0.25, -0.2) is 9.67 Å². The third kappa shape index (κ3) is 2.35. The molecule has 0 aliphatic carbocycles. The zero-order valence-corrected chi connectivity index (χ0v) is 11.7. The monoisotopic (exact) mass is 263 g/mol. The third-order valence-electron chi connectivity index (χ3n) is 3.42. The van der Waals surface area contributed by atoms with E-state index in [4.69, 9.17) is 0 Å². The van der Waals surface area contributed by atoms with Gasteiger partial charge in [-0.3, -0.25) is 0 Å². The van der Waals surface area contributed by atoms with Crippen molar-refractivity contribution >= 4 is 0 Å². The minimum atomic E-state index is 0.160. The van der Waals surface area contributed by atoms with Crippen LogP contribution in [0.2, 0.25) is 0 Å². The Hall–Kier alpha value is -2.42. The lowest BCUT2D eigenvalue weighted by atomic mass is 10.1. The lowest BCUT2D eigenvalue weighted by molar-refractivity contribution is 0.566. The van der Waals surface area contributed by atoms with Crippen molar-refractivity contribution in [2.75, 3.05) is 0 Å². The van der Waals surface area contributed by atoms with Crippen molar-refractivity contribution in [3.8, 4) is 11.4 Å². The standard InChI is InChI=1S/C17H17N3/c1-13(15-9-5-3-6-10-15)20-17(18-14(2)19-20)16-11-7-4-8-12-16/h3-13H,1-2H3. The number of benzene rings is 2. The maximum absolute atomic E-state index is 4.58. The van der Waals surface area contributed by atoms with Gasteiger partial charge >= 0.3 is 0 Å². The second-order valence-corrected chi connectivity index (χ2v) is 4.88. The fraction of sp³-hybridized carbons (Fsp3) is 0.176. The molecule has 0 aliphatic heterocycles. The first kappa shape index (κ1) is 12.6. The molecule has 1 unspecified atom stereocenters. The molecule has 3 heteroatoms. The minimum absolute atomic E-state index is 0.160. The Morgan fingerprint density at radius 1 is 0.900 bits per heavy atom. The third-order valence-corrected chi connectivity index (χ3v) is 3.42. The van der Waals surface area contributed by atoms with Gasteiger partial charge in [-0.2, -0.15) is 5.10 Å². The van der Waals surface area contributed by atoms with Gasteiger partial charge in [0.2, 0.25) is 0 Å². The van der Waals surface area contributed by atoms with Gasteiger partial charge in [-0.15, -0.1) is 0 Å². The molecule has 3 nitrogen and oxygen atoms in total. The van der Waals surface area contributed by atoms with Gasteiger partial charge in [0.15, 0.2) is 5.82 Å². The molecule has 3 rings (SSSR count). The average Bonchev–Trinajstić information content (AvgIpc) is 2.90. The van der Waals surface area contributed by atoms with E-state index in [2.05, 4.69) is 53.4 Å². The lowest BCUT2D eigenvalue weighted by Crippen LogP contribution is -2.10. The second kappa shape index (κ2) is 5.29. The van der Waals surface area contributed by atoms with E-state index in [-0.39, 0.29) is 6.04 Å². The van der Waals surface area contributed by atoms with Crippen LogP contribution in [-0.2, 0) is 0 Å². The van der Waals surface area contributed by atoms with Crippen molar-refractivity contribution < 1.29 is 0 Å². The molecule has 20 heavy (non-hydrogen) atoms. The van der Waals surface area contributed by atoms with Gasteiger partial charge in [0.1, 0.15) is 5.82 Å². The summed E-state index contributed by atoms with van der Waals surface area (Å²) in [5.41, 5.74) is 2.32. The van der Waals surface area contributed by atoms with E-state index in [0.717, 1.165) is 17.2 Å². The van der Waals surface area contributed by atoms with Crippen molar-refractivity contribution in [1.29, 1.82) is 0 Å². The number of rotatable bonds is 3. The van der Waals surface area contributed by atoms with Crippen molar-refractivity contribution in [3.63, 3.8) is 0 Å². The van der Waals surface area contributed by atoms with Crippen LogP contribution in [0.25, 0.3) is 11.4 Å². The minimum Gasteiger partial charge on any atom is -0.238 e. The van der Waals surface area contributed by atoms with E-state index in [1.54, 1.807) is 0 Å². The van der Waals surface area contributed by atoms with Crippen LogP contribution in [0.5, 0.6) is 0 Å². The van der Waals surface area contributed by atoms with E-state index in [1.807, 2.05) is 35.9 Å². The Morgan fingerprint density at radius 3 is 2.15 bits per heavy atom. The predicted octanol–water partition coefficient (Wildman–Crippen LogP) is 3.86. The average molecular weight is 263 g/mol. The molecule has 3 aromatic rings. The van der Waals surface area contributed by atoms with Gasteiger partial charge in [-0.05, 0) is 19.4 Å². The van der Waals surface area contributed by atoms with Crippen LogP contribution in [0.15, 0.2) is 60.7 Å². The van der Waals surface area contributed by atoms with Crippen molar-refractivity contribution in [2.45, 2.75) is 19.9 Å². The number of aryl methyl sites for hydroxylation is 1. The van der Waals surface area contributed by atoms with E-state index >= 15 is 0 Å². The molecular weight excluding hydrogens is 246 g/mol. The SMILES string of the molecule is Cc1nc(-c2ccccc2)n(C(C)c2ccccc2)n1. The fourth-order valence-electron chi connectivity index (χ4n) is 2.36. The zero-order valence-electron chi connectivity index (χ0n) is 11.7. The number of aromatic nitrogens is 3. The van der Waals surface area contributed by atoms with E-state index in [9.17, 15) is 0 Å². The highest BCUT2D eigenvalue weighted by molar-refractivity contribution is 5.55. The van der Waals surface area contributed by atoms with Crippen LogP contribution in [0.1, 0.15) is 24.4 Å². The Morgan fingerprint density at radius 2 is 1.50 bits per heavy atom. The quantitative estimate of drug-likeness (QED) is 0.718. The highest BCUT2D eigenvalue weighted by Crippen LogP contribution is 2.24. The van der Waals surface area contributed by atoms with E-state index < -0.39 is 0 Å². The number of nitrogens with zero attached hydrogens (tertiary/aromatic N) is 3. The topological polar surface area (TPSA) is 30.7 Å². The predicted molar refractivity (Wildman–Crippen MR) is 80.5 cm³/mol. The van der Waals surface area contributed by atoms with Gasteiger partial charge in [0.05, 0.1) is 6.04 Å². The molecule has 0 amide bonds. The number of hydrogen-bond acceptors (Lipinski definition) is 2. The summed E-state index contributed by atoms with van der Waals surface area (Å²) in [6.07, 6.45) is 0. The molecule has 2 aromatic carbocycles. The van der Waals surface area contributed by atoms with Crippen LogP contribution < -0.4 is 0 Å². The molecule has 0 aliphatic rings. The molecule has 0 radical (unpaired) electrons. The molecule has 0 spiro atoms. The zero-order chi connectivity index (χ0) is 13.9. The van der Waals surface area contributed by atoms with Crippen molar-refractivity contribution in [3.05, 3.63) is 72.1 Å². The van der Waals surface area contributed by atoms with E-state index in [1.165, 1.54) is 5.56 Å². The highest BCUT2D eigenvalue weighted by Gasteiger charge is 2.16. The smallest absolute Gasteiger partial charge is 0.158 e. The van der Waals surface area contributed by atoms with Crippen LogP contribution in [0.3, 0.4) is 0 Å². The Kier molecular flexibility index (Phi) is 3.33. The van der Waals surface area contributed by atoms with Crippen molar-refractivity contribution in [1.82, 2.24) is 14.8 Å². The van der Waals surface area contributed by atoms with Crippen LogP contribution in [0.4, 0.5) is 0 Å². The molecule has 1 heterocycles. The first-order chi connectivity index (χ1) is 9.75. The summed E-state index contributed by atoms with van der Waals surface area (Å²) in [6.45, 7) is 4.08. The van der Waals surface area contributed by atoms with Crippen molar-refractivity contribution in [2.24, 2.45) is 0 Å². The summed E-state index contributed by atoms with van der Waals surface area (Å²) >= 11 is 0. The van der Waals surface area contributed by atoms with Crippen LogP contribution in [0, 0.1) is 6.92 Å². The molecule has 0 bridgehead atoms. The largest absolute Gasteiger partial charge is 0.238 e. The second-order valence-electron chi connectivity index (χ2n) is 4.88. The lowest BCUT2D eigenvalue weighted by Gasteiger charge is -2.15. The normalized spacial score (nSPS) is 12.3. The Labute approximate surface area is 118 Å². The maximum Gasteiger partial charge on any atom is 0.158 e. The Bertz CT molecular complexity index is 687. The van der Waals surface area contributed by atoms with Crippen LogP contribution in [-0.4, -0.2) is 14.8 Å². The summed E-state index contributed by atoms with van der Waals surface area (Å²) in [5, 5.41) is 4.57. The van der Waals surface area contributed by atoms with Crippen LogP contribution >= 0.6 is 0 Å². The maximum atomic E-state index is 4.58. The van der Waals surface area contributed by atoms with Gasteiger partial charge in [0, 0.05) is 5.56 Å².